The van der Waals surface area contributed by atoms with Gasteiger partial charge in [-0.3, -0.25) is 4.90 Å². The van der Waals surface area contributed by atoms with Crippen molar-refractivity contribution in [1.82, 2.24) is 14.9 Å². The standard InChI is InChI=1S/C27H33ClN4O2/c1-3-34-19-23(33)18-31-13-15-32(16-14-31)27-24(17-22-11-7-8-12-25(22)28)20(2)29-26(30-27)21-9-5-4-6-10-21/h4-12,23,33H,3,13-19H2,1-2H3. The summed E-state index contributed by atoms with van der Waals surface area (Å²) in [5.74, 6) is 1.71. The van der Waals surface area contributed by atoms with Gasteiger partial charge in [0.1, 0.15) is 5.82 Å². The Hall–Kier alpha value is -2.51. The summed E-state index contributed by atoms with van der Waals surface area (Å²) in [5, 5.41) is 11.0. The van der Waals surface area contributed by atoms with Crippen molar-refractivity contribution in [3.8, 4) is 11.4 Å². The highest BCUT2D eigenvalue weighted by Crippen LogP contribution is 2.30. The number of benzene rings is 2. The first-order valence-electron chi connectivity index (χ1n) is 11.9. The SMILES string of the molecule is CCOCC(O)CN1CCN(c2nc(-c3ccccc3)nc(C)c2Cc2ccccc2Cl)CC1. The van der Waals surface area contributed by atoms with Crippen molar-refractivity contribution in [3.63, 3.8) is 0 Å². The predicted octanol–water partition coefficient (Wildman–Crippen LogP) is 4.22. The molecule has 0 saturated carbocycles. The minimum absolute atomic E-state index is 0.379. The average molecular weight is 481 g/mol. The van der Waals surface area contributed by atoms with Crippen LogP contribution in [0.25, 0.3) is 11.4 Å². The molecule has 2 heterocycles. The molecule has 0 radical (unpaired) electrons. The molecule has 0 aliphatic carbocycles. The molecule has 2 aromatic carbocycles. The monoisotopic (exact) mass is 480 g/mol. The number of halogens is 1. The Morgan fingerprint density at radius 1 is 1.00 bits per heavy atom. The molecule has 6 nitrogen and oxygen atoms in total. The van der Waals surface area contributed by atoms with E-state index in [4.69, 9.17) is 26.3 Å². The lowest BCUT2D eigenvalue weighted by Gasteiger charge is -2.37. The summed E-state index contributed by atoms with van der Waals surface area (Å²) in [6.07, 6.45) is 0.219. The maximum absolute atomic E-state index is 10.2. The second-order valence-electron chi connectivity index (χ2n) is 8.67. The molecule has 3 aromatic rings. The number of aliphatic hydroxyl groups excluding tert-OH is 1. The molecule has 0 spiro atoms. The van der Waals surface area contributed by atoms with E-state index >= 15 is 0 Å². The van der Waals surface area contributed by atoms with Crippen LogP contribution < -0.4 is 4.90 Å². The van der Waals surface area contributed by atoms with E-state index in [1.807, 2.05) is 55.5 Å². The van der Waals surface area contributed by atoms with Gasteiger partial charge in [-0.2, -0.15) is 0 Å². The number of β-amino-alcohol motifs (C(OH)–C–C–N with tert-alkyl or cyclic N) is 1. The Balaban J connectivity index is 1.59. The Morgan fingerprint density at radius 2 is 1.71 bits per heavy atom. The highest BCUT2D eigenvalue weighted by atomic mass is 35.5. The third-order valence-electron chi connectivity index (χ3n) is 6.20. The van der Waals surface area contributed by atoms with Crippen molar-refractivity contribution in [2.75, 3.05) is 50.8 Å². The Labute approximate surface area is 207 Å². The summed E-state index contributed by atoms with van der Waals surface area (Å²) in [6, 6.07) is 18.1. The van der Waals surface area contributed by atoms with Crippen molar-refractivity contribution >= 4 is 17.4 Å². The third-order valence-corrected chi connectivity index (χ3v) is 6.57. The minimum Gasteiger partial charge on any atom is -0.389 e. The predicted molar refractivity (Wildman–Crippen MR) is 138 cm³/mol. The molecule has 7 heteroatoms. The molecular formula is C27H33ClN4O2. The zero-order valence-corrected chi connectivity index (χ0v) is 20.7. The first kappa shape index (κ1) is 24.6. The van der Waals surface area contributed by atoms with Crippen LogP contribution in [-0.2, 0) is 11.2 Å². The number of aromatic nitrogens is 2. The van der Waals surface area contributed by atoms with Crippen molar-refractivity contribution in [3.05, 3.63) is 76.4 Å². The van der Waals surface area contributed by atoms with Gasteiger partial charge in [-0.1, -0.05) is 60.1 Å². The summed E-state index contributed by atoms with van der Waals surface area (Å²) in [5.41, 5.74) is 4.16. The zero-order valence-electron chi connectivity index (χ0n) is 20.0. The van der Waals surface area contributed by atoms with E-state index in [1.54, 1.807) is 0 Å². The van der Waals surface area contributed by atoms with Gasteiger partial charge in [-0.15, -0.1) is 0 Å². The van der Waals surface area contributed by atoms with Gasteiger partial charge in [0.25, 0.3) is 0 Å². The number of ether oxygens (including phenoxy) is 1. The van der Waals surface area contributed by atoms with Crippen LogP contribution in [0.1, 0.15) is 23.7 Å². The summed E-state index contributed by atoms with van der Waals surface area (Å²) >= 11 is 6.50. The van der Waals surface area contributed by atoms with Gasteiger partial charge in [-0.25, -0.2) is 9.97 Å². The molecule has 0 amide bonds. The number of aliphatic hydroxyl groups is 1. The fourth-order valence-corrected chi connectivity index (χ4v) is 4.55. The molecule has 4 rings (SSSR count). The first-order valence-corrected chi connectivity index (χ1v) is 12.3. The highest BCUT2D eigenvalue weighted by Gasteiger charge is 2.24. The largest absolute Gasteiger partial charge is 0.389 e. The average Bonchev–Trinajstić information content (AvgIpc) is 2.86. The van der Waals surface area contributed by atoms with Crippen LogP contribution in [0.15, 0.2) is 54.6 Å². The molecule has 1 saturated heterocycles. The number of aryl methyl sites for hydroxylation is 1. The van der Waals surface area contributed by atoms with Gasteiger partial charge in [-0.05, 0) is 25.5 Å². The van der Waals surface area contributed by atoms with Gasteiger partial charge in [0, 0.05) is 67.6 Å². The Kier molecular flexibility index (Phi) is 8.51. The van der Waals surface area contributed by atoms with Gasteiger partial charge in [0.15, 0.2) is 5.82 Å². The number of hydrogen-bond acceptors (Lipinski definition) is 6. The lowest BCUT2D eigenvalue weighted by Crippen LogP contribution is -2.49. The second-order valence-corrected chi connectivity index (χ2v) is 9.08. The van der Waals surface area contributed by atoms with Crippen LogP contribution >= 0.6 is 11.6 Å². The Bertz CT molecular complexity index is 1070. The fourth-order valence-electron chi connectivity index (χ4n) is 4.34. The number of piperazine rings is 1. The smallest absolute Gasteiger partial charge is 0.161 e. The van der Waals surface area contributed by atoms with Crippen molar-refractivity contribution in [2.45, 2.75) is 26.4 Å². The van der Waals surface area contributed by atoms with E-state index in [0.29, 0.717) is 26.2 Å². The van der Waals surface area contributed by atoms with E-state index in [9.17, 15) is 5.11 Å². The molecule has 1 aliphatic heterocycles. The molecule has 180 valence electrons. The van der Waals surface area contributed by atoms with Gasteiger partial charge < -0.3 is 14.7 Å². The summed E-state index contributed by atoms with van der Waals surface area (Å²) in [4.78, 5) is 14.6. The summed E-state index contributed by atoms with van der Waals surface area (Å²) in [7, 11) is 0. The Morgan fingerprint density at radius 3 is 2.41 bits per heavy atom. The maximum Gasteiger partial charge on any atom is 0.161 e. The summed E-state index contributed by atoms with van der Waals surface area (Å²) < 4.78 is 5.36. The van der Waals surface area contributed by atoms with Crippen LogP contribution in [0.3, 0.4) is 0 Å². The molecule has 1 fully saturated rings. The van der Waals surface area contributed by atoms with Gasteiger partial charge >= 0.3 is 0 Å². The second kappa shape index (κ2) is 11.8. The van der Waals surface area contributed by atoms with E-state index in [0.717, 1.165) is 65.2 Å². The van der Waals surface area contributed by atoms with Gasteiger partial charge in [0.2, 0.25) is 0 Å². The van der Waals surface area contributed by atoms with E-state index in [-0.39, 0.29) is 0 Å². The zero-order chi connectivity index (χ0) is 23.9. The van der Waals surface area contributed by atoms with Gasteiger partial charge in [0.05, 0.1) is 12.7 Å². The number of hydrogen-bond donors (Lipinski definition) is 1. The van der Waals surface area contributed by atoms with E-state index < -0.39 is 6.10 Å². The lowest BCUT2D eigenvalue weighted by atomic mass is 10.0. The first-order chi connectivity index (χ1) is 16.5. The van der Waals surface area contributed by atoms with Crippen LogP contribution in [0.4, 0.5) is 5.82 Å². The molecule has 0 bridgehead atoms. The normalized spacial score (nSPS) is 15.5. The van der Waals surface area contributed by atoms with Crippen LogP contribution in [0, 0.1) is 6.92 Å². The molecule has 1 N–H and O–H groups in total. The molecule has 1 aliphatic rings. The molecule has 1 unspecified atom stereocenters. The summed E-state index contributed by atoms with van der Waals surface area (Å²) in [6.45, 7) is 9.02. The number of rotatable bonds is 9. The fraction of sp³-hybridized carbons (Fsp3) is 0.407. The van der Waals surface area contributed by atoms with Crippen LogP contribution in [-0.4, -0.2) is 72.0 Å². The quantitative estimate of drug-likeness (QED) is 0.495. The lowest BCUT2D eigenvalue weighted by molar-refractivity contribution is 0.0202. The van der Waals surface area contributed by atoms with Crippen molar-refractivity contribution < 1.29 is 9.84 Å². The molecule has 1 atom stereocenters. The molecule has 1 aromatic heterocycles. The number of anilines is 1. The topological polar surface area (TPSA) is 61.7 Å². The van der Waals surface area contributed by atoms with E-state index in [2.05, 4.69) is 22.8 Å². The molecular weight excluding hydrogens is 448 g/mol. The van der Waals surface area contributed by atoms with Crippen molar-refractivity contribution in [2.24, 2.45) is 0 Å². The minimum atomic E-state index is -0.465. The maximum atomic E-state index is 10.2. The van der Waals surface area contributed by atoms with Crippen molar-refractivity contribution in [1.29, 1.82) is 0 Å². The highest BCUT2D eigenvalue weighted by molar-refractivity contribution is 6.31. The molecule has 34 heavy (non-hydrogen) atoms. The number of nitrogens with zero attached hydrogens (tertiary/aromatic N) is 4. The van der Waals surface area contributed by atoms with Crippen LogP contribution in [0.5, 0.6) is 0 Å². The third kappa shape index (κ3) is 6.13. The van der Waals surface area contributed by atoms with E-state index in [1.165, 1.54) is 0 Å². The van der Waals surface area contributed by atoms with Crippen LogP contribution in [0.2, 0.25) is 5.02 Å².